The fraction of sp³-hybridized carbons (Fsp3) is 0.100. The van der Waals surface area contributed by atoms with Crippen molar-refractivity contribution in [1.82, 2.24) is 19.9 Å². The lowest BCUT2D eigenvalue weighted by Crippen LogP contribution is -2.21. The van der Waals surface area contributed by atoms with Crippen LogP contribution in [0.15, 0.2) is 39.1 Å². The molecule has 3 aromatic rings. The zero-order valence-electron chi connectivity index (χ0n) is 9.63. The second-order valence-electron chi connectivity index (χ2n) is 3.72. The molecule has 0 atom stereocenters. The molecular formula is C10H6F3N5OS. The smallest absolute Gasteiger partial charge is 0.431 e. The quantitative estimate of drug-likeness (QED) is 0.731. The predicted octanol–water partition coefficient (Wildman–Crippen LogP) is 2.30. The molecule has 0 aliphatic heterocycles. The first-order valence-corrected chi connectivity index (χ1v) is 6.08. The van der Waals surface area contributed by atoms with Crippen LogP contribution in [0.2, 0.25) is 0 Å². The highest BCUT2D eigenvalue weighted by Gasteiger charge is 2.38. The number of para-hydroxylation sites is 2. The van der Waals surface area contributed by atoms with E-state index < -0.39 is 12.0 Å². The van der Waals surface area contributed by atoms with Gasteiger partial charge in [-0.25, -0.2) is 9.66 Å². The summed E-state index contributed by atoms with van der Waals surface area (Å²) in [5.41, 5.74) is 1.11. The van der Waals surface area contributed by atoms with Crippen molar-refractivity contribution in [2.24, 2.45) is 0 Å². The molecule has 0 saturated heterocycles. The number of fused-ring (bicyclic) bond motifs is 1. The Morgan fingerprint density at radius 3 is 2.60 bits per heavy atom. The number of nitrogen functional groups attached to an aromatic ring is 1. The summed E-state index contributed by atoms with van der Waals surface area (Å²) >= 11 is 0.763. The average molecular weight is 301 g/mol. The number of aromatic nitrogens is 4. The SMILES string of the molecule is Nn1c(Sc2nc3ccccc3o2)nnc1C(F)(F)F. The maximum absolute atomic E-state index is 12.5. The highest BCUT2D eigenvalue weighted by Crippen LogP contribution is 2.32. The van der Waals surface area contributed by atoms with Gasteiger partial charge in [0.25, 0.3) is 11.0 Å². The van der Waals surface area contributed by atoms with E-state index in [1.165, 1.54) is 0 Å². The first kappa shape index (κ1) is 12.8. The molecule has 0 saturated carbocycles. The topological polar surface area (TPSA) is 82.8 Å². The number of alkyl halides is 3. The Labute approximate surface area is 113 Å². The molecule has 0 radical (unpaired) electrons. The standard InChI is InChI=1S/C10H6F3N5OS/c11-10(12,13)7-16-17-8(18(7)14)20-9-15-5-3-1-2-4-6(5)19-9/h1-4H,14H2. The zero-order valence-corrected chi connectivity index (χ0v) is 10.4. The Balaban J connectivity index is 1.93. The second kappa shape index (κ2) is 4.40. The molecule has 0 fully saturated rings. The molecule has 2 heterocycles. The van der Waals surface area contributed by atoms with Gasteiger partial charge in [0, 0.05) is 11.8 Å². The molecular weight excluding hydrogens is 295 g/mol. The number of hydrogen-bond donors (Lipinski definition) is 1. The van der Waals surface area contributed by atoms with Gasteiger partial charge in [-0.3, -0.25) is 0 Å². The predicted molar refractivity (Wildman–Crippen MR) is 63.3 cm³/mol. The van der Waals surface area contributed by atoms with E-state index in [0.717, 1.165) is 11.8 Å². The molecule has 0 spiro atoms. The Hall–Kier alpha value is -2.23. The summed E-state index contributed by atoms with van der Waals surface area (Å²) in [6.45, 7) is 0. The number of oxazole rings is 1. The maximum Gasteiger partial charge on any atom is 0.453 e. The minimum absolute atomic E-state index is 0.138. The van der Waals surface area contributed by atoms with Crippen LogP contribution < -0.4 is 5.84 Å². The molecule has 2 aromatic heterocycles. The zero-order chi connectivity index (χ0) is 14.3. The van der Waals surface area contributed by atoms with Crippen LogP contribution in [0.1, 0.15) is 5.82 Å². The summed E-state index contributed by atoms with van der Waals surface area (Å²) in [5.74, 6) is 4.03. The van der Waals surface area contributed by atoms with Gasteiger partial charge < -0.3 is 10.3 Å². The van der Waals surface area contributed by atoms with Crippen molar-refractivity contribution in [3.05, 3.63) is 30.1 Å². The molecule has 3 rings (SSSR count). The third kappa shape index (κ3) is 2.18. The van der Waals surface area contributed by atoms with Gasteiger partial charge in [0.2, 0.25) is 5.16 Å². The number of nitrogens with zero attached hydrogens (tertiary/aromatic N) is 4. The monoisotopic (exact) mass is 301 g/mol. The molecule has 0 bridgehead atoms. The highest BCUT2D eigenvalue weighted by atomic mass is 32.2. The van der Waals surface area contributed by atoms with Crippen LogP contribution >= 0.6 is 11.8 Å². The fourth-order valence-electron chi connectivity index (χ4n) is 1.51. The average Bonchev–Trinajstić information content (AvgIpc) is 2.93. The van der Waals surface area contributed by atoms with Crippen LogP contribution in [-0.2, 0) is 6.18 Å². The van der Waals surface area contributed by atoms with Crippen LogP contribution in [0.4, 0.5) is 13.2 Å². The molecule has 2 N–H and O–H groups in total. The van der Waals surface area contributed by atoms with E-state index in [-0.39, 0.29) is 10.4 Å². The van der Waals surface area contributed by atoms with Gasteiger partial charge in [-0.2, -0.15) is 13.2 Å². The number of hydrogen-bond acceptors (Lipinski definition) is 6. The summed E-state index contributed by atoms with van der Waals surface area (Å²) in [4.78, 5) is 4.10. The summed E-state index contributed by atoms with van der Waals surface area (Å²) < 4.78 is 43.3. The van der Waals surface area contributed by atoms with E-state index in [9.17, 15) is 13.2 Å². The molecule has 0 aliphatic rings. The van der Waals surface area contributed by atoms with Crippen molar-refractivity contribution in [3.8, 4) is 0 Å². The summed E-state index contributed by atoms with van der Waals surface area (Å²) in [6, 6.07) is 6.94. The maximum atomic E-state index is 12.5. The first-order chi connectivity index (χ1) is 9.45. The van der Waals surface area contributed by atoms with Crippen LogP contribution in [0.5, 0.6) is 0 Å². The van der Waals surface area contributed by atoms with Gasteiger partial charge in [-0.15, -0.1) is 10.2 Å². The third-order valence-corrected chi connectivity index (χ3v) is 3.18. The summed E-state index contributed by atoms with van der Waals surface area (Å²) in [5, 5.41) is 6.36. The van der Waals surface area contributed by atoms with Gasteiger partial charge >= 0.3 is 6.18 Å². The van der Waals surface area contributed by atoms with Gasteiger partial charge in [0.1, 0.15) is 5.52 Å². The number of nitrogens with two attached hydrogens (primary N) is 1. The molecule has 104 valence electrons. The Morgan fingerprint density at radius 1 is 1.20 bits per heavy atom. The van der Waals surface area contributed by atoms with Gasteiger partial charge in [0.05, 0.1) is 0 Å². The molecule has 0 unspecified atom stereocenters. The molecule has 6 nitrogen and oxygen atoms in total. The largest absolute Gasteiger partial charge is 0.453 e. The number of halogens is 3. The molecule has 0 amide bonds. The lowest BCUT2D eigenvalue weighted by atomic mass is 10.3. The lowest BCUT2D eigenvalue weighted by Gasteiger charge is -2.04. The van der Waals surface area contributed by atoms with E-state index in [1.807, 2.05) is 0 Å². The van der Waals surface area contributed by atoms with Crippen molar-refractivity contribution in [3.63, 3.8) is 0 Å². The van der Waals surface area contributed by atoms with Crippen molar-refractivity contribution in [2.45, 2.75) is 16.6 Å². The van der Waals surface area contributed by atoms with Crippen molar-refractivity contribution in [2.75, 3.05) is 5.84 Å². The van der Waals surface area contributed by atoms with E-state index in [4.69, 9.17) is 10.3 Å². The van der Waals surface area contributed by atoms with E-state index >= 15 is 0 Å². The Kier molecular flexibility index (Phi) is 2.82. The first-order valence-electron chi connectivity index (χ1n) is 5.26. The molecule has 1 aromatic carbocycles. The van der Waals surface area contributed by atoms with E-state index in [0.29, 0.717) is 15.8 Å². The van der Waals surface area contributed by atoms with Gasteiger partial charge in [0.15, 0.2) is 5.58 Å². The second-order valence-corrected chi connectivity index (χ2v) is 4.64. The van der Waals surface area contributed by atoms with Crippen molar-refractivity contribution >= 4 is 22.9 Å². The fourth-order valence-corrected chi connectivity index (χ4v) is 2.21. The van der Waals surface area contributed by atoms with Gasteiger partial charge in [-0.1, -0.05) is 12.1 Å². The molecule has 0 aliphatic carbocycles. The summed E-state index contributed by atoms with van der Waals surface area (Å²) in [6.07, 6.45) is -4.66. The van der Waals surface area contributed by atoms with Crippen LogP contribution in [0.25, 0.3) is 11.1 Å². The minimum atomic E-state index is -4.66. The van der Waals surface area contributed by atoms with Crippen molar-refractivity contribution < 1.29 is 17.6 Å². The minimum Gasteiger partial charge on any atom is -0.431 e. The normalized spacial score (nSPS) is 12.2. The summed E-state index contributed by atoms with van der Waals surface area (Å²) in [7, 11) is 0. The highest BCUT2D eigenvalue weighted by molar-refractivity contribution is 7.99. The van der Waals surface area contributed by atoms with Gasteiger partial charge in [-0.05, 0) is 12.1 Å². The number of benzene rings is 1. The van der Waals surface area contributed by atoms with Crippen LogP contribution in [-0.4, -0.2) is 19.9 Å². The van der Waals surface area contributed by atoms with Crippen LogP contribution in [0, 0.1) is 0 Å². The molecule has 20 heavy (non-hydrogen) atoms. The molecule has 10 heteroatoms. The van der Waals surface area contributed by atoms with E-state index in [2.05, 4.69) is 15.2 Å². The van der Waals surface area contributed by atoms with Crippen LogP contribution in [0.3, 0.4) is 0 Å². The van der Waals surface area contributed by atoms with E-state index in [1.54, 1.807) is 24.3 Å². The Morgan fingerprint density at radius 2 is 1.95 bits per heavy atom. The number of rotatable bonds is 2. The Bertz CT molecular complexity index is 733. The van der Waals surface area contributed by atoms with Crippen molar-refractivity contribution in [1.29, 1.82) is 0 Å². The third-order valence-electron chi connectivity index (χ3n) is 2.37. The lowest BCUT2D eigenvalue weighted by molar-refractivity contribution is -0.146.